The highest BCUT2D eigenvalue weighted by molar-refractivity contribution is 4.63. The zero-order valence-electron chi connectivity index (χ0n) is 6.42. The van der Waals surface area contributed by atoms with Crippen molar-refractivity contribution >= 4 is 0 Å². The molecule has 0 fully saturated rings. The summed E-state index contributed by atoms with van der Waals surface area (Å²) in [5, 5.41) is 7.57. The molecule has 0 aliphatic heterocycles. The quantitative estimate of drug-likeness (QED) is 0.578. The molecule has 2 nitrogen and oxygen atoms in total. The molecule has 0 rings (SSSR count). The molecule has 0 bridgehead atoms. The van der Waals surface area contributed by atoms with E-state index in [1.165, 1.54) is 0 Å². The maximum absolute atomic E-state index is 7.57. The highest BCUT2D eigenvalue weighted by atomic mass is 16.5. The Morgan fingerprint density at radius 3 is 2.00 bits per heavy atom. The summed E-state index contributed by atoms with van der Waals surface area (Å²) in [5.41, 5.74) is 0. The molecule has 56 valence electrons. The molecular formula is C7H16O2. The van der Waals surface area contributed by atoms with Crippen LogP contribution in [-0.4, -0.2) is 18.3 Å². The van der Waals surface area contributed by atoms with Gasteiger partial charge in [-0.25, -0.2) is 0 Å². The van der Waals surface area contributed by atoms with Crippen LogP contribution < -0.4 is 0 Å². The maximum Gasteiger partial charge on any atom is 0.0845 e. The molecule has 0 aromatic carbocycles. The lowest BCUT2D eigenvalue weighted by Gasteiger charge is -1.86. The first-order valence-corrected chi connectivity index (χ1v) is 3.17. The second kappa shape index (κ2) is 15.6. The minimum atomic E-state index is 0.250. The van der Waals surface area contributed by atoms with E-state index in [0.29, 0.717) is 0 Å². The van der Waals surface area contributed by atoms with Gasteiger partial charge in [0, 0.05) is 6.61 Å². The first-order chi connectivity index (χ1) is 4.33. The van der Waals surface area contributed by atoms with E-state index in [2.05, 4.69) is 0 Å². The van der Waals surface area contributed by atoms with Crippen LogP contribution in [-0.2, 0) is 4.74 Å². The fraction of sp³-hybridized carbons (Fsp3) is 0.714. The van der Waals surface area contributed by atoms with Gasteiger partial charge in [-0.2, -0.15) is 0 Å². The zero-order valence-corrected chi connectivity index (χ0v) is 6.42. The van der Waals surface area contributed by atoms with Crippen LogP contribution in [0.3, 0.4) is 0 Å². The Kier molecular flexibility index (Phi) is 19.7. The summed E-state index contributed by atoms with van der Waals surface area (Å²) in [6.45, 7) is 6.58. The van der Waals surface area contributed by atoms with E-state index in [4.69, 9.17) is 9.84 Å². The second-order valence-electron chi connectivity index (χ2n) is 1.24. The van der Waals surface area contributed by atoms with Crippen molar-refractivity contribution in [2.24, 2.45) is 0 Å². The van der Waals surface area contributed by atoms with E-state index < -0.39 is 0 Å². The number of aliphatic hydroxyl groups excluding tert-OH is 1. The summed E-state index contributed by atoms with van der Waals surface area (Å²) in [7, 11) is 0. The summed E-state index contributed by atoms with van der Waals surface area (Å²) in [4.78, 5) is 0. The molecule has 0 aromatic rings. The monoisotopic (exact) mass is 132 g/mol. The molecule has 0 unspecified atom stereocenters. The van der Waals surface area contributed by atoms with Gasteiger partial charge in [0.15, 0.2) is 0 Å². The van der Waals surface area contributed by atoms with E-state index in [9.17, 15) is 0 Å². The summed E-state index contributed by atoms with van der Waals surface area (Å²) >= 11 is 0. The standard InChI is InChI=1S/C5H10O.C2H6O/c1-3-5-6-4-2;1-2-3/h3,5H,4H2,1-2H3;3H,2H2,1H3. The molecule has 0 heterocycles. The van der Waals surface area contributed by atoms with E-state index >= 15 is 0 Å². The number of hydrogen-bond acceptors (Lipinski definition) is 2. The average molecular weight is 132 g/mol. The third kappa shape index (κ3) is 36.3. The average Bonchev–Trinajstić information content (AvgIpc) is 1.86. The van der Waals surface area contributed by atoms with E-state index in [0.717, 1.165) is 6.61 Å². The van der Waals surface area contributed by atoms with Gasteiger partial charge in [0.2, 0.25) is 0 Å². The third-order valence-corrected chi connectivity index (χ3v) is 0.399. The molecule has 0 aliphatic carbocycles. The molecule has 0 aliphatic rings. The van der Waals surface area contributed by atoms with Crippen molar-refractivity contribution in [2.45, 2.75) is 20.8 Å². The van der Waals surface area contributed by atoms with Gasteiger partial charge >= 0.3 is 0 Å². The van der Waals surface area contributed by atoms with Crippen molar-refractivity contribution in [1.29, 1.82) is 0 Å². The number of allylic oxidation sites excluding steroid dienone is 1. The van der Waals surface area contributed by atoms with Crippen LogP contribution >= 0.6 is 0 Å². The molecule has 2 heteroatoms. The molecule has 0 saturated heterocycles. The SMILES string of the molecule is CC=COCC.CCO. The first kappa shape index (κ1) is 11.3. The fourth-order valence-corrected chi connectivity index (χ4v) is 0.192. The second-order valence-corrected chi connectivity index (χ2v) is 1.24. The van der Waals surface area contributed by atoms with Gasteiger partial charge in [0.1, 0.15) is 0 Å². The minimum absolute atomic E-state index is 0.250. The van der Waals surface area contributed by atoms with Crippen molar-refractivity contribution < 1.29 is 9.84 Å². The minimum Gasteiger partial charge on any atom is -0.502 e. The third-order valence-electron chi connectivity index (χ3n) is 0.399. The highest BCUT2D eigenvalue weighted by Gasteiger charge is 1.59. The summed E-state index contributed by atoms with van der Waals surface area (Å²) in [6, 6.07) is 0. The Bertz CT molecular complexity index is 50.9. The molecule has 0 saturated carbocycles. The number of ether oxygens (including phenoxy) is 1. The van der Waals surface area contributed by atoms with Crippen LogP contribution in [0.1, 0.15) is 20.8 Å². The van der Waals surface area contributed by atoms with Crippen LogP contribution in [0.2, 0.25) is 0 Å². The van der Waals surface area contributed by atoms with Crippen molar-refractivity contribution in [1.82, 2.24) is 0 Å². The lowest BCUT2D eigenvalue weighted by atomic mass is 10.7. The Hall–Kier alpha value is -0.500. The van der Waals surface area contributed by atoms with Crippen LogP contribution in [0.5, 0.6) is 0 Å². The van der Waals surface area contributed by atoms with E-state index in [1.807, 2.05) is 19.9 Å². The lowest BCUT2D eigenvalue weighted by Crippen LogP contribution is -1.73. The van der Waals surface area contributed by atoms with Gasteiger partial charge < -0.3 is 9.84 Å². The molecule has 0 amide bonds. The van der Waals surface area contributed by atoms with Crippen molar-refractivity contribution in [3.05, 3.63) is 12.3 Å². The summed E-state index contributed by atoms with van der Waals surface area (Å²) in [5.74, 6) is 0. The largest absolute Gasteiger partial charge is 0.502 e. The van der Waals surface area contributed by atoms with Gasteiger partial charge in [-0.1, -0.05) is 6.08 Å². The van der Waals surface area contributed by atoms with Crippen LogP contribution in [0.25, 0.3) is 0 Å². The molecule has 0 atom stereocenters. The predicted octanol–water partition coefficient (Wildman–Crippen LogP) is 1.56. The zero-order chi connectivity index (χ0) is 7.54. The number of hydrogen-bond donors (Lipinski definition) is 1. The fourth-order valence-electron chi connectivity index (χ4n) is 0.192. The Morgan fingerprint density at radius 2 is 1.89 bits per heavy atom. The Labute approximate surface area is 57.2 Å². The van der Waals surface area contributed by atoms with Crippen LogP contribution in [0, 0.1) is 0 Å². The van der Waals surface area contributed by atoms with Crippen LogP contribution in [0.15, 0.2) is 12.3 Å². The molecule has 0 spiro atoms. The Balaban J connectivity index is 0. The van der Waals surface area contributed by atoms with Gasteiger partial charge in [-0.3, -0.25) is 0 Å². The summed E-state index contributed by atoms with van der Waals surface area (Å²) < 4.78 is 4.80. The smallest absolute Gasteiger partial charge is 0.0845 e. The maximum atomic E-state index is 7.57. The van der Waals surface area contributed by atoms with E-state index in [1.54, 1.807) is 13.2 Å². The van der Waals surface area contributed by atoms with Crippen LogP contribution in [0.4, 0.5) is 0 Å². The molecule has 0 radical (unpaired) electrons. The normalized spacial score (nSPS) is 8.44. The Morgan fingerprint density at radius 1 is 1.44 bits per heavy atom. The van der Waals surface area contributed by atoms with Crippen molar-refractivity contribution in [2.75, 3.05) is 13.2 Å². The summed E-state index contributed by atoms with van der Waals surface area (Å²) in [6.07, 6.45) is 3.55. The molecule has 0 aromatic heterocycles. The van der Waals surface area contributed by atoms with Crippen molar-refractivity contribution in [3.63, 3.8) is 0 Å². The van der Waals surface area contributed by atoms with Gasteiger partial charge in [-0.15, -0.1) is 0 Å². The highest BCUT2D eigenvalue weighted by Crippen LogP contribution is 1.71. The first-order valence-electron chi connectivity index (χ1n) is 3.17. The van der Waals surface area contributed by atoms with Gasteiger partial charge in [-0.05, 0) is 20.8 Å². The topological polar surface area (TPSA) is 29.5 Å². The molecule has 1 N–H and O–H groups in total. The molecule has 9 heavy (non-hydrogen) atoms. The van der Waals surface area contributed by atoms with E-state index in [-0.39, 0.29) is 6.61 Å². The van der Waals surface area contributed by atoms with Gasteiger partial charge in [0.25, 0.3) is 0 Å². The predicted molar refractivity (Wildman–Crippen MR) is 39.2 cm³/mol. The lowest BCUT2D eigenvalue weighted by molar-refractivity contribution is 0.269. The van der Waals surface area contributed by atoms with Gasteiger partial charge in [0.05, 0.1) is 12.9 Å². The molecular weight excluding hydrogens is 116 g/mol. The number of aliphatic hydroxyl groups is 1. The van der Waals surface area contributed by atoms with Crippen molar-refractivity contribution in [3.8, 4) is 0 Å². The number of rotatable bonds is 2.